The Morgan fingerprint density at radius 1 is 0.544 bits per heavy atom. The second-order valence-electron chi connectivity index (χ2n) is 16.2. The van der Waals surface area contributed by atoms with Crippen LogP contribution in [0.1, 0.15) is 81.4 Å². The van der Waals surface area contributed by atoms with Crippen LogP contribution in [0.25, 0.3) is 56.7 Å². The summed E-state index contributed by atoms with van der Waals surface area (Å²) in [7, 11) is 0. The van der Waals surface area contributed by atoms with Gasteiger partial charge in [0.25, 0.3) is 0 Å². The van der Waals surface area contributed by atoms with E-state index in [1.165, 1.54) is 18.2 Å². The zero-order valence-corrected chi connectivity index (χ0v) is 39.2. The van der Waals surface area contributed by atoms with Crippen LogP contribution in [0.3, 0.4) is 0 Å². The number of halogens is 8. The van der Waals surface area contributed by atoms with Gasteiger partial charge in [-0.25, -0.2) is 19.3 Å². The van der Waals surface area contributed by atoms with E-state index in [4.69, 9.17) is 23.2 Å². The first kappa shape index (κ1) is 48.9. The van der Waals surface area contributed by atoms with Crippen LogP contribution >= 0.6 is 23.2 Å². The maximum Gasteiger partial charge on any atom is 0.433 e. The molecule has 0 aliphatic heterocycles. The fourth-order valence-corrected chi connectivity index (χ4v) is 7.70. The van der Waals surface area contributed by atoms with Crippen molar-refractivity contribution in [3.05, 3.63) is 183 Å². The quantitative estimate of drug-likeness (QED) is 0.151. The number of hydrogen-bond acceptors (Lipinski definition) is 8. The van der Waals surface area contributed by atoms with Crippen molar-refractivity contribution in [1.29, 1.82) is 0 Å². The van der Waals surface area contributed by atoms with Gasteiger partial charge in [-0.3, -0.25) is 19.6 Å². The molecule has 0 fully saturated rings. The Morgan fingerprint density at radius 3 is 1.41 bits per heavy atom. The van der Waals surface area contributed by atoms with Gasteiger partial charge in [-0.1, -0.05) is 29.3 Å². The van der Waals surface area contributed by atoms with E-state index in [0.29, 0.717) is 49.2 Å². The molecule has 0 atom stereocenters. The normalized spacial score (nSPS) is 12.4. The second kappa shape index (κ2) is 18.9. The maximum atomic E-state index is 13.4. The first-order chi connectivity index (χ1) is 31.9. The predicted octanol–water partition coefficient (Wildman–Crippen LogP) is 12.7. The molecule has 68 heavy (non-hydrogen) atoms. The smallest absolute Gasteiger partial charge is 0.285 e. The lowest BCUT2D eigenvalue weighted by Gasteiger charge is -2.15. The summed E-state index contributed by atoms with van der Waals surface area (Å²) in [6, 6.07) is 18.9. The monoisotopic (exact) mass is 968 g/mol. The van der Waals surface area contributed by atoms with Gasteiger partial charge in [-0.15, -0.1) is 0 Å². The van der Waals surface area contributed by atoms with E-state index in [1.54, 1.807) is 59.6 Å². The van der Waals surface area contributed by atoms with Gasteiger partial charge >= 0.3 is 12.4 Å². The van der Waals surface area contributed by atoms with Crippen LogP contribution in [0, 0.1) is 41.5 Å². The number of allylic oxidation sites excluding steroid dienone is 2. The van der Waals surface area contributed by atoms with Gasteiger partial charge in [0, 0.05) is 33.8 Å². The van der Waals surface area contributed by atoms with Crippen molar-refractivity contribution >= 4 is 68.6 Å². The van der Waals surface area contributed by atoms with Crippen LogP contribution in [0.15, 0.2) is 94.8 Å². The molecule has 8 aromatic rings. The number of hydrogen-bond donors (Lipinski definition) is 0. The molecule has 0 N–H and O–H groups in total. The first-order valence-electron chi connectivity index (χ1n) is 20.7. The molecule has 2 aromatic carbocycles. The average molecular weight is 970 g/mol. The van der Waals surface area contributed by atoms with E-state index in [0.717, 1.165) is 58.2 Å². The number of pyridine rings is 4. The highest BCUT2D eigenvalue weighted by Gasteiger charge is 2.33. The van der Waals surface area contributed by atoms with Crippen molar-refractivity contribution in [3.8, 4) is 11.4 Å². The number of fused-ring (bicyclic) bond motifs is 2. The summed E-state index contributed by atoms with van der Waals surface area (Å²) in [5.74, 6) is 0. The summed E-state index contributed by atoms with van der Waals surface area (Å²) in [6.07, 6.45) is -3.85. The highest BCUT2D eigenvalue weighted by Crippen LogP contribution is 2.31. The van der Waals surface area contributed by atoms with Crippen molar-refractivity contribution in [2.45, 2.75) is 67.7 Å². The van der Waals surface area contributed by atoms with E-state index < -0.39 is 29.2 Å². The van der Waals surface area contributed by atoms with E-state index >= 15 is 0 Å². The van der Waals surface area contributed by atoms with Crippen LogP contribution in [0.4, 0.5) is 26.3 Å². The summed E-state index contributed by atoms with van der Waals surface area (Å²) in [4.78, 5) is 42.7. The molecular weight excluding hydrogens is 929 g/mol. The average Bonchev–Trinajstić information content (AvgIpc) is 3.26. The van der Waals surface area contributed by atoms with Gasteiger partial charge in [-0.2, -0.15) is 36.5 Å². The van der Waals surface area contributed by atoms with Crippen LogP contribution in [0.2, 0.25) is 10.0 Å². The van der Waals surface area contributed by atoms with Crippen LogP contribution in [0.5, 0.6) is 0 Å². The summed E-state index contributed by atoms with van der Waals surface area (Å²) in [6.45, 7) is 14.5. The molecule has 0 bridgehead atoms. The van der Waals surface area contributed by atoms with Gasteiger partial charge in [0.15, 0.2) is 0 Å². The minimum atomic E-state index is -4.57. The summed E-state index contributed by atoms with van der Waals surface area (Å²) in [5.41, 5.74) is 6.86. The van der Waals surface area contributed by atoms with Crippen molar-refractivity contribution in [3.63, 3.8) is 0 Å². The van der Waals surface area contributed by atoms with Crippen molar-refractivity contribution < 1.29 is 26.3 Å². The first-order valence-corrected chi connectivity index (χ1v) is 21.5. The van der Waals surface area contributed by atoms with E-state index in [-0.39, 0.29) is 33.4 Å². The Morgan fingerprint density at radius 2 is 1.00 bits per heavy atom. The molecule has 8 rings (SSSR count). The summed E-state index contributed by atoms with van der Waals surface area (Å²) in [5, 5.41) is 10.4. The van der Waals surface area contributed by atoms with Crippen molar-refractivity contribution in [2.75, 3.05) is 0 Å². The summed E-state index contributed by atoms with van der Waals surface area (Å²) < 4.78 is 81.0. The Labute approximate surface area is 395 Å². The van der Waals surface area contributed by atoms with Crippen LogP contribution in [-0.2, 0) is 12.4 Å². The minimum absolute atomic E-state index is 0.0861. The number of nitrogens with zero attached hydrogens (tertiary/aromatic N) is 8. The SMILES string of the molecule is C/C(=C\c1ccc(C(F)(F)F)nc1)c1nn(-c2ccc(Cl)cc2C)c2cc(C)c(C)nc2c1=O.C/C(=C\c1ccnc(C(F)(F)F)c1)c1nn(-c2ccc(Cl)cc2C)c2cc(C)c(C)nc2c1=O. The molecule has 348 valence electrons. The van der Waals surface area contributed by atoms with Crippen LogP contribution in [-0.4, -0.2) is 39.5 Å². The Kier molecular flexibility index (Phi) is 13.6. The number of aromatic nitrogens is 8. The molecule has 18 heteroatoms. The molecule has 0 saturated heterocycles. The molecule has 0 amide bonds. The third kappa shape index (κ3) is 10.3. The number of aryl methyl sites for hydroxylation is 6. The second-order valence-corrected chi connectivity index (χ2v) is 17.0. The van der Waals surface area contributed by atoms with E-state index in [2.05, 4.69) is 30.1 Å². The van der Waals surface area contributed by atoms with Gasteiger partial charge in [-0.05, 0) is 179 Å². The van der Waals surface area contributed by atoms with E-state index in [9.17, 15) is 35.9 Å². The zero-order chi connectivity index (χ0) is 49.6. The van der Waals surface area contributed by atoms with Crippen molar-refractivity contribution in [2.24, 2.45) is 0 Å². The molecule has 0 saturated carbocycles. The third-order valence-electron chi connectivity index (χ3n) is 11.0. The number of benzene rings is 2. The molecule has 10 nitrogen and oxygen atoms in total. The topological polar surface area (TPSA) is 121 Å². The third-order valence-corrected chi connectivity index (χ3v) is 11.5. The largest absolute Gasteiger partial charge is 0.433 e. The van der Waals surface area contributed by atoms with Crippen LogP contribution < -0.4 is 10.9 Å². The lowest BCUT2D eigenvalue weighted by atomic mass is 10.1. The number of rotatable bonds is 6. The molecule has 0 spiro atoms. The standard InChI is InChI=1S/2C25H20ClF3N4O/c1-13-11-20-23(31-16(13)4)24(34)22(32-33(20)19-7-6-18(26)10-14(19)2)15(3)9-17-5-8-21(30-12-17)25(27,28)29;1-13-11-20-23(31-16(13)4)24(34)22(32-33(20)19-6-5-18(26)10-14(19)2)15(3)9-17-7-8-30-21(12-17)25(27,28)29/h2*5-12H,1-4H3/b2*15-9+. The Bertz CT molecular complexity index is 3490. The van der Waals surface area contributed by atoms with Gasteiger partial charge in [0.1, 0.15) is 33.8 Å². The maximum absolute atomic E-state index is 13.4. The molecule has 0 radical (unpaired) electrons. The lowest BCUT2D eigenvalue weighted by Crippen LogP contribution is -2.19. The molecule has 0 aliphatic carbocycles. The van der Waals surface area contributed by atoms with Gasteiger partial charge in [0.05, 0.1) is 22.4 Å². The molecule has 6 heterocycles. The fraction of sp³-hybridized carbons (Fsp3) is 0.200. The Hall–Kier alpha value is -7.04. The molecule has 0 unspecified atom stereocenters. The molecule has 6 aromatic heterocycles. The van der Waals surface area contributed by atoms with Gasteiger partial charge < -0.3 is 0 Å². The summed E-state index contributed by atoms with van der Waals surface area (Å²) >= 11 is 12.3. The highest BCUT2D eigenvalue weighted by atomic mass is 35.5. The predicted molar refractivity (Wildman–Crippen MR) is 254 cm³/mol. The van der Waals surface area contributed by atoms with Gasteiger partial charge in [0.2, 0.25) is 10.9 Å². The Balaban J connectivity index is 0.000000201. The lowest BCUT2D eigenvalue weighted by molar-refractivity contribution is -0.142. The minimum Gasteiger partial charge on any atom is -0.285 e. The molecular formula is C50H40Cl2F6N8O2. The van der Waals surface area contributed by atoms with E-state index in [1.807, 2.05) is 59.7 Å². The zero-order valence-electron chi connectivity index (χ0n) is 37.7. The highest BCUT2D eigenvalue weighted by molar-refractivity contribution is 6.31. The van der Waals surface area contributed by atoms with Crippen molar-refractivity contribution in [1.82, 2.24) is 39.5 Å². The molecule has 0 aliphatic rings. The number of alkyl halides is 6. The fourth-order valence-electron chi connectivity index (χ4n) is 7.25.